The van der Waals surface area contributed by atoms with Gasteiger partial charge >= 0.3 is 11.9 Å². The molecule has 7 N–H and O–H groups in total. The number of rotatable bonds is 5. The van der Waals surface area contributed by atoms with Gasteiger partial charge in [0.2, 0.25) is 11.4 Å². The monoisotopic (exact) mass is 610 g/mol. The molecule has 0 unspecified atom stereocenters. The maximum Gasteiger partial charge on any atom is 0.342 e. The minimum atomic E-state index is -3.39. The fraction of sp³-hybridized carbons (Fsp3) is 0.355. The number of benzene rings is 2. The molecule has 44 heavy (non-hydrogen) atoms. The van der Waals surface area contributed by atoms with Crippen molar-refractivity contribution in [1.29, 1.82) is 0 Å². The number of carboxylic acid groups (broad SMARTS) is 1. The van der Waals surface area contributed by atoms with Crippen LogP contribution in [0.2, 0.25) is 0 Å². The van der Waals surface area contributed by atoms with Gasteiger partial charge in [0.05, 0.1) is 16.7 Å². The number of aliphatic carboxylic acids is 1. The first kappa shape index (κ1) is 30.9. The van der Waals surface area contributed by atoms with Crippen LogP contribution in [0, 0.1) is 0 Å². The Kier molecular flexibility index (Phi) is 7.01. The van der Waals surface area contributed by atoms with Crippen LogP contribution >= 0.6 is 0 Å². The average Bonchev–Trinajstić information content (AvgIpc) is 2.89. The zero-order valence-corrected chi connectivity index (χ0v) is 23.9. The van der Waals surface area contributed by atoms with Crippen LogP contribution in [0.1, 0.15) is 44.7 Å². The molecule has 0 radical (unpaired) electrons. The SMILES string of the molecule is CC(C)(C)OCC(=O)Oc1ccc(-c2ccc(O)c3c2C[C@]2(O)C[C@]4(O)CC(=O)C(C(=O)O)=C(O)[C@]4(O)C(=O)C2=C3O)cc1. The fourth-order valence-electron chi connectivity index (χ4n) is 6.10. The lowest BCUT2D eigenvalue weighted by Gasteiger charge is -2.54. The largest absolute Gasteiger partial charge is 0.508 e. The molecule has 0 amide bonds. The molecule has 232 valence electrons. The highest BCUT2D eigenvalue weighted by Crippen LogP contribution is 2.56. The first-order valence-corrected chi connectivity index (χ1v) is 13.5. The van der Waals surface area contributed by atoms with Crippen molar-refractivity contribution in [3.05, 3.63) is 64.4 Å². The van der Waals surface area contributed by atoms with E-state index >= 15 is 0 Å². The molecule has 1 fully saturated rings. The molecule has 0 bridgehead atoms. The second kappa shape index (κ2) is 9.99. The van der Waals surface area contributed by atoms with Gasteiger partial charge in [-0.2, -0.15) is 0 Å². The summed E-state index contributed by atoms with van der Waals surface area (Å²) in [5.74, 6) is -8.40. The molecule has 0 aliphatic heterocycles. The lowest BCUT2D eigenvalue weighted by molar-refractivity contribution is -0.200. The van der Waals surface area contributed by atoms with Gasteiger partial charge in [0.25, 0.3) is 0 Å². The van der Waals surface area contributed by atoms with Gasteiger partial charge in [-0.3, -0.25) is 9.59 Å². The Morgan fingerprint density at radius 1 is 0.932 bits per heavy atom. The highest BCUT2D eigenvalue weighted by molar-refractivity contribution is 6.22. The van der Waals surface area contributed by atoms with Gasteiger partial charge in [-0.15, -0.1) is 0 Å². The van der Waals surface area contributed by atoms with Crippen molar-refractivity contribution in [2.24, 2.45) is 0 Å². The molecule has 0 aromatic heterocycles. The second-order valence-electron chi connectivity index (χ2n) is 12.2. The van der Waals surface area contributed by atoms with Crippen LogP contribution in [0.4, 0.5) is 0 Å². The number of aromatic hydroxyl groups is 1. The van der Waals surface area contributed by atoms with E-state index in [9.17, 15) is 54.9 Å². The van der Waals surface area contributed by atoms with Crippen LogP contribution in [0.5, 0.6) is 11.5 Å². The van der Waals surface area contributed by atoms with E-state index in [0.29, 0.717) is 11.1 Å². The molecule has 13 nitrogen and oxygen atoms in total. The average molecular weight is 611 g/mol. The number of esters is 1. The third kappa shape index (κ3) is 4.65. The number of carboxylic acids is 1. The molecular weight excluding hydrogens is 580 g/mol. The lowest BCUT2D eigenvalue weighted by atomic mass is 9.55. The number of Topliss-reactive ketones (excluding diaryl/α,β-unsaturated/α-hetero) is 2. The Morgan fingerprint density at radius 2 is 1.57 bits per heavy atom. The molecule has 3 atom stereocenters. The van der Waals surface area contributed by atoms with Crippen molar-refractivity contribution in [1.82, 2.24) is 0 Å². The summed E-state index contributed by atoms with van der Waals surface area (Å²) in [4.78, 5) is 50.0. The van der Waals surface area contributed by atoms with Crippen molar-refractivity contribution in [3.8, 4) is 22.6 Å². The molecule has 2 aromatic rings. The number of aliphatic hydroxyl groups is 5. The highest BCUT2D eigenvalue weighted by atomic mass is 16.6. The van der Waals surface area contributed by atoms with Crippen LogP contribution < -0.4 is 4.74 Å². The first-order chi connectivity index (χ1) is 20.3. The van der Waals surface area contributed by atoms with Gasteiger partial charge in [-0.1, -0.05) is 18.2 Å². The Hall–Kier alpha value is -4.56. The van der Waals surface area contributed by atoms with Crippen LogP contribution in [0.15, 0.2) is 53.3 Å². The van der Waals surface area contributed by atoms with E-state index < -0.39 is 93.6 Å². The van der Waals surface area contributed by atoms with Crippen molar-refractivity contribution < 1.29 is 64.4 Å². The normalized spacial score (nSPS) is 26.6. The summed E-state index contributed by atoms with van der Waals surface area (Å²) < 4.78 is 10.7. The Morgan fingerprint density at radius 3 is 2.16 bits per heavy atom. The molecule has 0 spiro atoms. The molecule has 13 heteroatoms. The molecule has 0 heterocycles. The van der Waals surface area contributed by atoms with Gasteiger partial charge in [0.15, 0.2) is 11.5 Å². The number of hydrogen-bond acceptors (Lipinski definition) is 12. The molecule has 1 saturated carbocycles. The number of aliphatic hydroxyl groups excluding tert-OH is 2. The Labute approximate surface area is 249 Å². The van der Waals surface area contributed by atoms with Gasteiger partial charge in [0.1, 0.15) is 40.6 Å². The van der Waals surface area contributed by atoms with Crippen LogP contribution in [-0.2, 0) is 30.3 Å². The van der Waals surface area contributed by atoms with Crippen LogP contribution in [0.3, 0.4) is 0 Å². The van der Waals surface area contributed by atoms with Crippen molar-refractivity contribution in [3.63, 3.8) is 0 Å². The lowest BCUT2D eigenvalue weighted by Crippen LogP contribution is -2.72. The summed E-state index contributed by atoms with van der Waals surface area (Å²) in [6.45, 7) is 5.08. The second-order valence-corrected chi connectivity index (χ2v) is 12.2. The van der Waals surface area contributed by atoms with Gasteiger partial charge in [-0.25, -0.2) is 9.59 Å². The van der Waals surface area contributed by atoms with Gasteiger partial charge < -0.3 is 45.2 Å². The van der Waals surface area contributed by atoms with E-state index in [-0.39, 0.29) is 23.5 Å². The predicted molar refractivity (Wildman–Crippen MR) is 150 cm³/mol. The third-order valence-electron chi connectivity index (χ3n) is 8.06. The van der Waals surface area contributed by atoms with Crippen molar-refractivity contribution in [2.45, 2.75) is 62.4 Å². The van der Waals surface area contributed by atoms with E-state index in [0.717, 1.165) is 0 Å². The van der Waals surface area contributed by atoms with E-state index in [1.54, 1.807) is 32.9 Å². The van der Waals surface area contributed by atoms with Gasteiger partial charge in [-0.05, 0) is 55.7 Å². The number of phenolic OH excluding ortho intramolecular Hbond substituents is 1. The molecule has 3 aliphatic rings. The zero-order chi connectivity index (χ0) is 32.6. The number of carbonyl (C=O) groups excluding carboxylic acids is 3. The maximum absolute atomic E-state index is 13.7. The number of hydrogen-bond donors (Lipinski definition) is 7. The van der Waals surface area contributed by atoms with Crippen molar-refractivity contribution >= 4 is 29.3 Å². The molecule has 3 aliphatic carbocycles. The number of ketones is 2. The Bertz CT molecular complexity index is 1690. The summed E-state index contributed by atoms with van der Waals surface area (Å²) in [5.41, 5.74) is -10.7. The summed E-state index contributed by atoms with van der Waals surface area (Å²) >= 11 is 0. The van der Waals surface area contributed by atoms with Crippen molar-refractivity contribution in [2.75, 3.05) is 6.61 Å². The first-order valence-electron chi connectivity index (χ1n) is 13.5. The minimum Gasteiger partial charge on any atom is -0.508 e. The van der Waals surface area contributed by atoms with E-state index in [1.807, 2.05) is 0 Å². The van der Waals surface area contributed by atoms with E-state index in [4.69, 9.17) is 9.47 Å². The standard InChI is InChI=1S/C31H30O13/c1-28(2,3)43-12-20(34)44-15-6-4-14(5-7-15)16-8-9-18(32)21-17(16)10-29(40)13-30(41)11-19(33)22(27(38)39)25(36)31(30,42)26(37)23(29)24(21)35/h4-9,32,35-36,40-42H,10-13H2,1-3H3,(H,38,39)/t29-,30+,31-/m0/s1. The quantitative estimate of drug-likeness (QED) is 0.145. The third-order valence-corrected chi connectivity index (χ3v) is 8.06. The number of ether oxygens (including phenoxy) is 2. The summed E-state index contributed by atoms with van der Waals surface area (Å²) in [6.07, 6.45) is -2.61. The maximum atomic E-state index is 13.7. The van der Waals surface area contributed by atoms with Crippen LogP contribution in [0.25, 0.3) is 16.9 Å². The summed E-state index contributed by atoms with van der Waals surface area (Å²) in [5, 5.41) is 76.5. The summed E-state index contributed by atoms with van der Waals surface area (Å²) in [6, 6.07) is 8.78. The predicted octanol–water partition coefficient (Wildman–Crippen LogP) is 1.64. The minimum absolute atomic E-state index is 0.132. The number of carbonyl (C=O) groups is 4. The summed E-state index contributed by atoms with van der Waals surface area (Å²) in [7, 11) is 0. The fourth-order valence-corrected chi connectivity index (χ4v) is 6.10. The van der Waals surface area contributed by atoms with Crippen LogP contribution in [-0.4, -0.2) is 88.3 Å². The Balaban J connectivity index is 1.57. The van der Waals surface area contributed by atoms with E-state index in [2.05, 4.69) is 0 Å². The molecular formula is C31H30O13. The smallest absolute Gasteiger partial charge is 0.342 e. The molecule has 5 rings (SSSR count). The number of phenols is 1. The highest BCUT2D eigenvalue weighted by Gasteiger charge is 2.71. The molecule has 0 saturated heterocycles. The topological polar surface area (TPSA) is 228 Å². The number of fused-ring (bicyclic) bond motifs is 3. The van der Waals surface area contributed by atoms with E-state index in [1.165, 1.54) is 24.3 Å². The molecule has 2 aromatic carbocycles. The zero-order valence-electron chi connectivity index (χ0n) is 23.9. The van der Waals surface area contributed by atoms with Gasteiger partial charge in [0, 0.05) is 19.3 Å².